The zero-order valence-electron chi connectivity index (χ0n) is 10.2. The summed E-state index contributed by atoms with van der Waals surface area (Å²) in [5.74, 6) is 0.0575. The van der Waals surface area contributed by atoms with Gasteiger partial charge in [-0.2, -0.15) is 0 Å². The molecule has 98 valence electrons. The third-order valence-electron chi connectivity index (χ3n) is 3.25. The maximum absolute atomic E-state index is 12.3. The van der Waals surface area contributed by atoms with Gasteiger partial charge in [0.1, 0.15) is 0 Å². The number of methoxy groups -OCH3 is 1. The number of piperidine rings is 1. The van der Waals surface area contributed by atoms with Crippen LogP contribution in [0.3, 0.4) is 0 Å². The maximum atomic E-state index is 12.3. The molecule has 0 radical (unpaired) electrons. The number of carbonyl (C=O) groups is 1. The minimum absolute atomic E-state index is 0.0575. The van der Waals surface area contributed by atoms with Gasteiger partial charge in [-0.1, -0.05) is 15.9 Å². The van der Waals surface area contributed by atoms with Gasteiger partial charge in [0.25, 0.3) is 5.91 Å². The second-order valence-corrected chi connectivity index (χ2v) is 5.79. The van der Waals surface area contributed by atoms with Crippen molar-refractivity contribution in [3.63, 3.8) is 0 Å². The van der Waals surface area contributed by atoms with Gasteiger partial charge in [0.05, 0.1) is 11.7 Å². The highest BCUT2D eigenvalue weighted by molar-refractivity contribution is 9.10. The maximum Gasteiger partial charge on any atom is 0.254 e. The van der Waals surface area contributed by atoms with E-state index >= 15 is 0 Å². The van der Waals surface area contributed by atoms with Gasteiger partial charge >= 0.3 is 0 Å². The zero-order chi connectivity index (χ0) is 13.1. The predicted octanol–water partition coefficient (Wildman–Crippen LogP) is 2.99. The number of carbonyl (C=O) groups excluding carboxylic acids is 1. The lowest BCUT2D eigenvalue weighted by atomic mass is 10.1. The standard InChI is InChI=1S/C13H16BrNO2S/c1-17-10-4-6-15(7-5-10)13(16)11-3-2-9(14)8-12(11)18/h2-3,8,10,18H,4-7H2,1H3. The van der Waals surface area contributed by atoms with Crippen LogP contribution in [0, 0.1) is 0 Å². The molecule has 1 aromatic rings. The molecule has 0 aliphatic carbocycles. The predicted molar refractivity (Wildman–Crippen MR) is 77.3 cm³/mol. The number of hydrogen-bond acceptors (Lipinski definition) is 3. The Hall–Kier alpha value is -0.520. The minimum Gasteiger partial charge on any atom is -0.381 e. The number of nitrogens with zero attached hydrogens (tertiary/aromatic N) is 1. The lowest BCUT2D eigenvalue weighted by molar-refractivity contribution is 0.0349. The molecule has 0 atom stereocenters. The summed E-state index contributed by atoms with van der Waals surface area (Å²) >= 11 is 7.73. The van der Waals surface area contributed by atoms with Crippen molar-refractivity contribution in [1.82, 2.24) is 4.90 Å². The molecule has 0 N–H and O–H groups in total. The van der Waals surface area contributed by atoms with Crippen molar-refractivity contribution in [3.8, 4) is 0 Å². The summed E-state index contributed by atoms with van der Waals surface area (Å²) < 4.78 is 6.24. The molecule has 1 heterocycles. The van der Waals surface area contributed by atoms with Gasteiger partial charge < -0.3 is 9.64 Å². The normalized spacial score (nSPS) is 16.9. The molecule has 0 unspecified atom stereocenters. The smallest absolute Gasteiger partial charge is 0.254 e. The first kappa shape index (κ1) is 13.9. The van der Waals surface area contributed by atoms with Crippen LogP contribution in [-0.4, -0.2) is 37.1 Å². The van der Waals surface area contributed by atoms with Gasteiger partial charge in [-0.15, -0.1) is 12.6 Å². The highest BCUT2D eigenvalue weighted by Crippen LogP contribution is 2.23. The van der Waals surface area contributed by atoms with Crippen LogP contribution in [0.4, 0.5) is 0 Å². The van der Waals surface area contributed by atoms with Crippen molar-refractivity contribution in [2.45, 2.75) is 23.8 Å². The van der Waals surface area contributed by atoms with Gasteiger partial charge in [-0.05, 0) is 31.0 Å². The number of amides is 1. The van der Waals surface area contributed by atoms with Crippen LogP contribution < -0.4 is 0 Å². The summed E-state index contributed by atoms with van der Waals surface area (Å²) in [7, 11) is 1.72. The molecule has 18 heavy (non-hydrogen) atoms. The molecule has 1 aromatic carbocycles. The summed E-state index contributed by atoms with van der Waals surface area (Å²) in [5, 5.41) is 0. The van der Waals surface area contributed by atoms with E-state index in [0.717, 1.165) is 30.4 Å². The Labute approximate surface area is 121 Å². The van der Waals surface area contributed by atoms with Gasteiger partial charge in [-0.3, -0.25) is 4.79 Å². The highest BCUT2D eigenvalue weighted by Gasteiger charge is 2.24. The molecule has 3 nitrogen and oxygen atoms in total. The molecule has 1 saturated heterocycles. The molecule has 2 rings (SSSR count). The number of thiol groups is 1. The van der Waals surface area contributed by atoms with Crippen molar-refractivity contribution in [3.05, 3.63) is 28.2 Å². The van der Waals surface area contributed by atoms with Crippen molar-refractivity contribution in [1.29, 1.82) is 0 Å². The van der Waals surface area contributed by atoms with E-state index in [1.165, 1.54) is 0 Å². The van der Waals surface area contributed by atoms with Crippen molar-refractivity contribution in [2.75, 3.05) is 20.2 Å². The summed E-state index contributed by atoms with van der Waals surface area (Å²) in [6, 6.07) is 5.53. The molecular weight excluding hydrogens is 314 g/mol. The van der Waals surface area contributed by atoms with E-state index in [2.05, 4.69) is 28.6 Å². The Morgan fingerprint density at radius 2 is 2.11 bits per heavy atom. The first-order chi connectivity index (χ1) is 8.61. The minimum atomic E-state index is 0.0575. The summed E-state index contributed by atoms with van der Waals surface area (Å²) in [6.07, 6.45) is 2.09. The Bertz CT molecular complexity index is 445. The van der Waals surface area contributed by atoms with Crippen LogP contribution in [0.15, 0.2) is 27.6 Å². The Morgan fingerprint density at radius 3 is 2.67 bits per heavy atom. The summed E-state index contributed by atoms with van der Waals surface area (Å²) in [6.45, 7) is 1.50. The van der Waals surface area contributed by atoms with E-state index in [1.54, 1.807) is 7.11 Å². The first-order valence-electron chi connectivity index (χ1n) is 5.92. The number of rotatable bonds is 2. The quantitative estimate of drug-likeness (QED) is 0.845. The fourth-order valence-electron chi connectivity index (χ4n) is 2.15. The van der Waals surface area contributed by atoms with Crippen LogP contribution >= 0.6 is 28.6 Å². The van der Waals surface area contributed by atoms with Crippen LogP contribution in [-0.2, 0) is 4.74 Å². The topological polar surface area (TPSA) is 29.5 Å². The van der Waals surface area contributed by atoms with Crippen LogP contribution in [0.25, 0.3) is 0 Å². The average molecular weight is 330 g/mol. The fraction of sp³-hybridized carbons (Fsp3) is 0.462. The molecule has 5 heteroatoms. The Kier molecular flexibility index (Phi) is 4.70. The third kappa shape index (κ3) is 3.08. The second kappa shape index (κ2) is 6.08. The lowest BCUT2D eigenvalue weighted by Crippen LogP contribution is -2.40. The highest BCUT2D eigenvalue weighted by atomic mass is 79.9. The van der Waals surface area contributed by atoms with Crippen molar-refractivity contribution in [2.24, 2.45) is 0 Å². The van der Waals surface area contributed by atoms with Crippen LogP contribution in [0.5, 0.6) is 0 Å². The van der Waals surface area contributed by atoms with E-state index in [-0.39, 0.29) is 12.0 Å². The Morgan fingerprint density at radius 1 is 1.44 bits per heavy atom. The first-order valence-corrected chi connectivity index (χ1v) is 7.16. The summed E-state index contributed by atoms with van der Waals surface area (Å²) in [4.78, 5) is 14.9. The molecule has 0 saturated carbocycles. The molecule has 0 spiro atoms. The van der Waals surface area contributed by atoms with Gasteiger partial charge in [0, 0.05) is 29.6 Å². The molecule has 1 fully saturated rings. The Balaban J connectivity index is 2.08. The molecule has 0 bridgehead atoms. The van der Waals surface area contributed by atoms with Crippen LogP contribution in [0.1, 0.15) is 23.2 Å². The number of halogens is 1. The molecular formula is C13H16BrNO2S. The van der Waals surface area contributed by atoms with Crippen molar-refractivity contribution >= 4 is 34.5 Å². The number of benzene rings is 1. The monoisotopic (exact) mass is 329 g/mol. The van der Waals surface area contributed by atoms with Gasteiger partial charge in [0.2, 0.25) is 0 Å². The van der Waals surface area contributed by atoms with E-state index in [4.69, 9.17) is 4.74 Å². The molecule has 1 aliphatic heterocycles. The molecule has 1 aliphatic rings. The third-order valence-corrected chi connectivity index (χ3v) is 4.12. The van der Waals surface area contributed by atoms with E-state index in [1.807, 2.05) is 23.1 Å². The lowest BCUT2D eigenvalue weighted by Gasteiger charge is -2.31. The number of ether oxygens (including phenoxy) is 1. The number of hydrogen-bond donors (Lipinski definition) is 1. The van der Waals surface area contributed by atoms with E-state index < -0.39 is 0 Å². The largest absolute Gasteiger partial charge is 0.381 e. The van der Waals surface area contributed by atoms with E-state index in [9.17, 15) is 4.79 Å². The van der Waals surface area contributed by atoms with Crippen molar-refractivity contribution < 1.29 is 9.53 Å². The van der Waals surface area contributed by atoms with Crippen LogP contribution in [0.2, 0.25) is 0 Å². The fourth-order valence-corrected chi connectivity index (χ4v) is 3.00. The molecule has 1 amide bonds. The van der Waals surface area contributed by atoms with Gasteiger partial charge in [0.15, 0.2) is 0 Å². The summed E-state index contributed by atoms with van der Waals surface area (Å²) in [5.41, 5.74) is 0.664. The zero-order valence-corrected chi connectivity index (χ0v) is 12.7. The molecule has 0 aromatic heterocycles. The van der Waals surface area contributed by atoms with E-state index in [0.29, 0.717) is 10.5 Å². The van der Waals surface area contributed by atoms with Gasteiger partial charge in [-0.25, -0.2) is 0 Å². The SMILES string of the molecule is COC1CCN(C(=O)c2ccc(Br)cc2S)CC1. The average Bonchev–Trinajstić information content (AvgIpc) is 2.38. The number of likely N-dealkylation sites (tertiary alicyclic amines) is 1. The second-order valence-electron chi connectivity index (χ2n) is 4.39.